The van der Waals surface area contributed by atoms with Crippen LogP contribution in [-0.4, -0.2) is 47.4 Å². The molecule has 0 aliphatic carbocycles. The van der Waals surface area contributed by atoms with E-state index in [1.165, 1.54) is 7.05 Å². The SMILES string of the molecule is CNC(=O)C(CC=O)SCC(N)C(=O)O. The lowest BCUT2D eigenvalue weighted by atomic mass is 10.3. The molecule has 0 aliphatic heterocycles. The molecule has 0 spiro atoms. The van der Waals surface area contributed by atoms with Gasteiger partial charge in [0.15, 0.2) is 0 Å². The van der Waals surface area contributed by atoms with Crippen LogP contribution in [0.15, 0.2) is 0 Å². The van der Waals surface area contributed by atoms with Gasteiger partial charge in [0.05, 0.1) is 5.25 Å². The molecule has 0 aromatic heterocycles. The van der Waals surface area contributed by atoms with Crippen LogP contribution < -0.4 is 11.1 Å². The number of aldehydes is 1. The lowest BCUT2D eigenvalue weighted by molar-refractivity contribution is -0.138. The van der Waals surface area contributed by atoms with Crippen LogP contribution in [-0.2, 0) is 14.4 Å². The van der Waals surface area contributed by atoms with Crippen LogP contribution in [0.25, 0.3) is 0 Å². The summed E-state index contributed by atoms with van der Waals surface area (Å²) in [6, 6.07) is -1.02. The van der Waals surface area contributed by atoms with Crippen molar-refractivity contribution < 1.29 is 19.5 Å². The summed E-state index contributed by atoms with van der Waals surface area (Å²) in [6.45, 7) is 0. The highest BCUT2D eigenvalue weighted by molar-refractivity contribution is 8.00. The van der Waals surface area contributed by atoms with E-state index in [2.05, 4.69) is 5.32 Å². The molecule has 0 bridgehead atoms. The first kappa shape index (κ1) is 13.9. The fraction of sp³-hybridized carbons (Fsp3) is 0.625. The van der Waals surface area contributed by atoms with Gasteiger partial charge in [-0.05, 0) is 0 Å². The number of aliphatic carboxylic acids is 1. The Labute approximate surface area is 91.6 Å². The Balaban J connectivity index is 4.11. The number of carbonyl (C=O) groups excluding carboxylic acids is 2. The predicted octanol–water partition coefficient (Wildman–Crippen LogP) is -1.16. The molecule has 0 aromatic rings. The zero-order valence-electron chi connectivity index (χ0n) is 8.30. The van der Waals surface area contributed by atoms with Crippen LogP contribution in [0, 0.1) is 0 Å². The summed E-state index contributed by atoms with van der Waals surface area (Å²) in [5.41, 5.74) is 5.26. The van der Waals surface area contributed by atoms with E-state index in [4.69, 9.17) is 10.8 Å². The summed E-state index contributed by atoms with van der Waals surface area (Å²) in [7, 11) is 1.46. The minimum Gasteiger partial charge on any atom is -0.480 e. The van der Waals surface area contributed by atoms with Crippen molar-refractivity contribution >= 4 is 29.9 Å². The van der Waals surface area contributed by atoms with Crippen molar-refractivity contribution in [3.8, 4) is 0 Å². The summed E-state index contributed by atoms with van der Waals surface area (Å²) in [5, 5.41) is 10.3. The summed E-state index contributed by atoms with van der Waals surface area (Å²) in [6.07, 6.45) is 0.676. The second-order valence-electron chi connectivity index (χ2n) is 2.78. The molecule has 4 N–H and O–H groups in total. The van der Waals surface area contributed by atoms with Crippen molar-refractivity contribution in [3.63, 3.8) is 0 Å². The number of carboxylic acid groups (broad SMARTS) is 1. The van der Waals surface area contributed by atoms with Crippen molar-refractivity contribution in [1.82, 2.24) is 5.32 Å². The molecule has 0 aromatic carbocycles. The van der Waals surface area contributed by atoms with E-state index >= 15 is 0 Å². The number of carbonyl (C=O) groups is 3. The summed E-state index contributed by atoms with van der Waals surface area (Å²) >= 11 is 1.07. The molecule has 2 atom stereocenters. The molecule has 1 amide bonds. The molecule has 0 radical (unpaired) electrons. The Morgan fingerprint density at radius 2 is 2.20 bits per heavy atom. The fourth-order valence-electron chi connectivity index (χ4n) is 0.790. The van der Waals surface area contributed by atoms with E-state index in [9.17, 15) is 14.4 Å². The van der Waals surface area contributed by atoms with Gasteiger partial charge in [-0.2, -0.15) is 0 Å². The van der Waals surface area contributed by atoms with Gasteiger partial charge in [-0.3, -0.25) is 9.59 Å². The fourth-order valence-corrected chi connectivity index (χ4v) is 1.86. The van der Waals surface area contributed by atoms with E-state index in [1.54, 1.807) is 0 Å². The molecule has 0 saturated heterocycles. The van der Waals surface area contributed by atoms with Gasteiger partial charge < -0.3 is 21.0 Å². The maximum absolute atomic E-state index is 11.2. The third-order valence-electron chi connectivity index (χ3n) is 1.64. The first-order chi connectivity index (χ1) is 7.02. The van der Waals surface area contributed by atoms with Crippen LogP contribution in [0.1, 0.15) is 6.42 Å². The molecular weight excluding hydrogens is 220 g/mol. The monoisotopic (exact) mass is 234 g/mol. The van der Waals surface area contributed by atoms with Crippen LogP contribution in [0.4, 0.5) is 0 Å². The molecule has 0 rings (SSSR count). The van der Waals surface area contributed by atoms with Crippen LogP contribution in [0.2, 0.25) is 0 Å². The van der Waals surface area contributed by atoms with Gasteiger partial charge in [0.2, 0.25) is 5.91 Å². The van der Waals surface area contributed by atoms with Crippen LogP contribution in [0.3, 0.4) is 0 Å². The highest BCUT2D eigenvalue weighted by atomic mass is 32.2. The molecule has 6 nitrogen and oxygen atoms in total. The largest absolute Gasteiger partial charge is 0.480 e. The van der Waals surface area contributed by atoms with Gasteiger partial charge in [-0.25, -0.2) is 0 Å². The Kier molecular flexibility index (Phi) is 6.72. The second-order valence-corrected chi connectivity index (χ2v) is 4.02. The second kappa shape index (κ2) is 7.24. The van der Waals surface area contributed by atoms with E-state index in [0.29, 0.717) is 6.29 Å². The van der Waals surface area contributed by atoms with Crippen molar-refractivity contribution in [2.24, 2.45) is 5.73 Å². The van der Waals surface area contributed by atoms with Gasteiger partial charge in [0, 0.05) is 19.2 Å². The van der Waals surface area contributed by atoms with Crippen molar-refractivity contribution in [2.75, 3.05) is 12.8 Å². The normalized spacial score (nSPS) is 14.0. The van der Waals surface area contributed by atoms with Gasteiger partial charge in [-0.15, -0.1) is 11.8 Å². The number of rotatable bonds is 7. The van der Waals surface area contributed by atoms with Gasteiger partial charge in [0.1, 0.15) is 12.3 Å². The Morgan fingerprint density at radius 1 is 1.60 bits per heavy atom. The molecule has 15 heavy (non-hydrogen) atoms. The van der Waals surface area contributed by atoms with E-state index in [-0.39, 0.29) is 18.1 Å². The summed E-state index contributed by atoms with van der Waals surface area (Å²) in [5.74, 6) is -1.32. The lowest BCUT2D eigenvalue weighted by Gasteiger charge is -2.13. The lowest BCUT2D eigenvalue weighted by Crippen LogP contribution is -2.36. The molecule has 0 saturated carbocycles. The smallest absolute Gasteiger partial charge is 0.321 e. The molecule has 0 aliphatic rings. The Bertz CT molecular complexity index is 247. The number of nitrogens with two attached hydrogens (primary N) is 1. The third kappa shape index (κ3) is 5.38. The third-order valence-corrected chi connectivity index (χ3v) is 3.00. The molecule has 86 valence electrons. The zero-order valence-corrected chi connectivity index (χ0v) is 9.12. The van der Waals surface area contributed by atoms with Gasteiger partial charge >= 0.3 is 5.97 Å². The topological polar surface area (TPSA) is 109 Å². The Morgan fingerprint density at radius 3 is 2.60 bits per heavy atom. The van der Waals surface area contributed by atoms with Crippen molar-refractivity contribution in [3.05, 3.63) is 0 Å². The molecule has 0 heterocycles. The minimum atomic E-state index is -1.12. The van der Waals surface area contributed by atoms with E-state index < -0.39 is 17.3 Å². The first-order valence-corrected chi connectivity index (χ1v) is 5.33. The standard InChI is InChI=1S/C8H14N2O4S/c1-10-7(12)6(2-3-11)15-4-5(9)8(13)14/h3,5-6H,2,4,9H2,1H3,(H,10,12)(H,13,14). The summed E-state index contributed by atoms with van der Waals surface area (Å²) in [4.78, 5) is 31.9. The zero-order chi connectivity index (χ0) is 11.8. The van der Waals surface area contributed by atoms with Crippen LogP contribution >= 0.6 is 11.8 Å². The average Bonchev–Trinajstić information content (AvgIpc) is 2.22. The van der Waals surface area contributed by atoms with E-state index in [1.807, 2.05) is 0 Å². The van der Waals surface area contributed by atoms with E-state index in [0.717, 1.165) is 11.8 Å². The maximum atomic E-state index is 11.2. The number of nitrogens with one attached hydrogen (secondary N) is 1. The molecular formula is C8H14N2O4S. The number of carboxylic acids is 1. The first-order valence-electron chi connectivity index (χ1n) is 4.28. The molecule has 7 heteroatoms. The number of amides is 1. The molecule has 2 unspecified atom stereocenters. The van der Waals surface area contributed by atoms with Crippen LogP contribution in [0.5, 0.6) is 0 Å². The Hall–Kier alpha value is -1.08. The van der Waals surface area contributed by atoms with Gasteiger partial charge in [0.25, 0.3) is 0 Å². The quantitative estimate of drug-likeness (QED) is 0.479. The predicted molar refractivity (Wildman–Crippen MR) is 56.6 cm³/mol. The highest BCUT2D eigenvalue weighted by Crippen LogP contribution is 2.14. The highest BCUT2D eigenvalue weighted by Gasteiger charge is 2.20. The number of hydrogen-bond donors (Lipinski definition) is 3. The van der Waals surface area contributed by atoms with Gasteiger partial charge in [-0.1, -0.05) is 0 Å². The van der Waals surface area contributed by atoms with Crippen molar-refractivity contribution in [1.29, 1.82) is 0 Å². The average molecular weight is 234 g/mol. The molecule has 0 fully saturated rings. The minimum absolute atomic E-state index is 0.0523. The number of thioether (sulfide) groups is 1. The number of hydrogen-bond acceptors (Lipinski definition) is 5. The maximum Gasteiger partial charge on any atom is 0.321 e. The van der Waals surface area contributed by atoms with Crippen molar-refractivity contribution in [2.45, 2.75) is 17.7 Å². The summed E-state index contributed by atoms with van der Waals surface area (Å²) < 4.78 is 0.